The van der Waals surface area contributed by atoms with Crippen LogP contribution in [0, 0.1) is 0 Å². The zero-order valence-corrected chi connectivity index (χ0v) is 20.5. The van der Waals surface area contributed by atoms with Gasteiger partial charge in [-0.1, -0.05) is 6.07 Å². The third-order valence-electron chi connectivity index (χ3n) is 4.81. The SMILES string of the molecule is CCOc1ncccc1C(=O)N(CCS(=O)(=O)N1CCOCC1)Cc1ccccn1.O=C(O)C(=O)O. The fourth-order valence-corrected chi connectivity index (χ4v) is 4.51. The van der Waals surface area contributed by atoms with Crippen LogP contribution in [0.15, 0.2) is 42.7 Å². The number of aliphatic carboxylic acids is 2. The second kappa shape index (κ2) is 14.1. The maximum Gasteiger partial charge on any atom is 0.414 e. The molecule has 1 saturated heterocycles. The van der Waals surface area contributed by atoms with Crippen LogP contribution in [0.1, 0.15) is 23.0 Å². The Labute approximate surface area is 208 Å². The minimum Gasteiger partial charge on any atom is -0.477 e. The lowest BCUT2D eigenvalue weighted by Gasteiger charge is -2.28. The first-order valence-electron chi connectivity index (χ1n) is 10.9. The van der Waals surface area contributed by atoms with Gasteiger partial charge in [0.1, 0.15) is 5.56 Å². The molecule has 1 fully saturated rings. The number of hydrogen-bond donors (Lipinski definition) is 2. The molecule has 2 N–H and O–H groups in total. The summed E-state index contributed by atoms with van der Waals surface area (Å²) in [5, 5.41) is 14.8. The van der Waals surface area contributed by atoms with E-state index < -0.39 is 22.0 Å². The summed E-state index contributed by atoms with van der Waals surface area (Å²) < 4.78 is 37.6. The highest BCUT2D eigenvalue weighted by atomic mass is 32.2. The van der Waals surface area contributed by atoms with Crippen LogP contribution in [-0.4, -0.2) is 101 Å². The number of carbonyl (C=O) groups is 3. The van der Waals surface area contributed by atoms with Gasteiger partial charge in [0.25, 0.3) is 5.91 Å². The Morgan fingerprint density at radius 3 is 2.31 bits per heavy atom. The van der Waals surface area contributed by atoms with Crippen molar-refractivity contribution in [3.05, 3.63) is 54.0 Å². The highest BCUT2D eigenvalue weighted by Crippen LogP contribution is 2.18. The quantitative estimate of drug-likeness (QED) is 0.432. The van der Waals surface area contributed by atoms with Gasteiger partial charge in [0.15, 0.2) is 0 Å². The lowest BCUT2D eigenvalue weighted by Crippen LogP contribution is -2.44. The third kappa shape index (κ3) is 8.87. The summed E-state index contributed by atoms with van der Waals surface area (Å²) in [5.74, 6) is -3.96. The average molecular weight is 525 g/mol. The predicted octanol–water partition coefficient (Wildman–Crippen LogP) is 0.335. The molecule has 13 nitrogen and oxygen atoms in total. The number of carboxylic acids is 2. The van der Waals surface area contributed by atoms with Crippen molar-refractivity contribution in [3.63, 3.8) is 0 Å². The van der Waals surface area contributed by atoms with Gasteiger partial charge in [-0.15, -0.1) is 0 Å². The van der Waals surface area contributed by atoms with Crippen LogP contribution in [0.5, 0.6) is 5.88 Å². The van der Waals surface area contributed by atoms with E-state index in [2.05, 4.69) is 9.97 Å². The highest BCUT2D eigenvalue weighted by molar-refractivity contribution is 7.89. The van der Waals surface area contributed by atoms with E-state index in [1.54, 1.807) is 36.7 Å². The second-order valence-electron chi connectivity index (χ2n) is 7.27. The number of hydrogen-bond acceptors (Lipinski definition) is 9. The topological polar surface area (TPSA) is 177 Å². The van der Waals surface area contributed by atoms with Crippen LogP contribution in [0.4, 0.5) is 0 Å². The molecule has 14 heteroatoms. The van der Waals surface area contributed by atoms with E-state index in [0.717, 1.165) is 0 Å². The fraction of sp³-hybridized carbons (Fsp3) is 0.409. The van der Waals surface area contributed by atoms with Gasteiger partial charge in [-0.3, -0.25) is 9.78 Å². The van der Waals surface area contributed by atoms with Crippen molar-refractivity contribution in [3.8, 4) is 5.88 Å². The van der Waals surface area contributed by atoms with Crippen molar-refractivity contribution in [1.82, 2.24) is 19.2 Å². The highest BCUT2D eigenvalue weighted by Gasteiger charge is 2.27. The molecule has 36 heavy (non-hydrogen) atoms. The average Bonchev–Trinajstić information content (AvgIpc) is 2.88. The number of aromatic nitrogens is 2. The van der Waals surface area contributed by atoms with Crippen LogP contribution in [-0.2, 0) is 30.9 Å². The first-order chi connectivity index (χ1) is 17.2. The number of amides is 1. The summed E-state index contributed by atoms with van der Waals surface area (Å²) in [6.45, 7) is 3.79. The van der Waals surface area contributed by atoms with Gasteiger partial charge in [-0.2, -0.15) is 4.31 Å². The molecule has 0 spiro atoms. The Balaban J connectivity index is 0.000000678. The van der Waals surface area contributed by atoms with Crippen molar-refractivity contribution >= 4 is 27.9 Å². The van der Waals surface area contributed by atoms with E-state index in [4.69, 9.17) is 29.3 Å². The molecule has 3 heterocycles. The number of sulfonamides is 1. The smallest absolute Gasteiger partial charge is 0.414 e. The van der Waals surface area contributed by atoms with Crippen LogP contribution in [0.3, 0.4) is 0 Å². The van der Waals surface area contributed by atoms with E-state index in [1.807, 2.05) is 13.0 Å². The van der Waals surface area contributed by atoms with Crippen molar-refractivity contribution in [2.24, 2.45) is 0 Å². The first kappa shape index (κ1) is 28.6. The second-order valence-corrected chi connectivity index (χ2v) is 9.36. The zero-order valence-electron chi connectivity index (χ0n) is 19.6. The summed E-state index contributed by atoms with van der Waals surface area (Å²) >= 11 is 0. The molecule has 1 amide bonds. The number of carbonyl (C=O) groups excluding carboxylic acids is 1. The summed E-state index contributed by atoms with van der Waals surface area (Å²) in [5.41, 5.74) is 0.954. The van der Waals surface area contributed by atoms with E-state index in [9.17, 15) is 13.2 Å². The van der Waals surface area contributed by atoms with Crippen molar-refractivity contribution in [2.75, 3.05) is 45.2 Å². The minimum absolute atomic E-state index is 0.0234. The number of rotatable bonds is 9. The van der Waals surface area contributed by atoms with Gasteiger partial charge < -0.3 is 24.6 Å². The number of pyridine rings is 2. The molecule has 0 unspecified atom stereocenters. The van der Waals surface area contributed by atoms with Gasteiger partial charge in [-0.25, -0.2) is 23.0 Å². The van der Waals surface area contributed by atoms with Crippen LogP contribution < -0.4 is 4.74 Å². The van der Waals surface area contributed by atoms with Crippen LogP contribution in [0.2, 0.25) is 0 Å². The molecule has 0 aliphatic carbocycles. The van der Waals surface area contributed by atoms with E-state index in [0.29, 0.717) is 44.2 Å². The number of carboxylic acid groups (broad SMARTS) is 2. The van der Waals surface area contributed by atoms with Gasteiger partial charge in [0, 0.05) is 32.0 Å². The lowest BCUT2D eigenvalue weighted by atomic mass is 10.2. The Bertz CT molecular complexity index is 1110. The van der Waals surface area contributed by atoms with Crippen molar-refractivity contribution < 1.29 is 42.5 Å². The van der Waals surface area contributed by atoms with Crippen LogP contribution in [0.25, 0.3) is 0 Å². The Kier molecular flexibility index (Phi) is 11.2. The number of ether oxygens (including phenoxy) is 2. The molecule has 2 aromatic rings. The Hall–Kier alpha value is -3.62. The Morgan fingerprint density at radius 2 is 1.72 bits per heavy atom. The molecule has 2 aromatic heterocycles. The van der Waals surface area contributed by atoms with Crippen LogP contribution >= 0.6 is 0 Å². The summed E-state index contributed by atoms with van der Waals surface area (Å²) in [4.78, 5) is 41.4. The molecular formula is C22H28N4O9S. The molecule has 0 saturated carbocycles. The maximum absolute atomic E-state index is 13.3. The largest absolute Gasteiger partial charge is 0.477 e. The molecular weight excluding hydrogens is 496 g/mol. The molecule has 0 aromatic carbocycles. The fourth-order valence-electron chi connectivity index (χ4n) is 3.09. The van der Waals surface area contributed by atoms with Gasteiger partial charge >= 0.3 is 11.9 Å². The van der Waals surface area contributed by atoms with E-state index in [-0.39, 0.29) is 30.6 Å². The van der Waals surface area contributed by atoms with E-state index >= 15 is 0 Å². The van der Waals surface area contributed by atoms with Gasteiger partial charge in [0.2, 0.25) is 15.9 Å². The monoisotopic (exact) mass is 524 g/mol. The minimum atomic E-state index is -3.51. The first-order valence-corrected chi connectivity index (χ1v) is 12.6. The molecule has 0 atom stereocenters. The number of morpholine rings is 1. The molecule has 0 radical (unpaired) electrons. The molecule has 1 aliphatic rings. The summed E-state index contributed by atoms with van der Waals surface area (Å²) in [6, 6.07) is 8.68. The molecule has 1 aliphatic heterocycles. The zero-order chi connectivity index (χ0) is 26.6. The van der Waals surface area contributed by atoms with Crippen molar-refractivity contribution in [1.29, 1.82) is 0 Å². The predicted molar refractivity (Wildman–Crippen MR) is 126 cm³/mol. The third-order valence-corrected chi connectivity index (χ3v) is 6.66. The van der Waals surface area contributed by atoms with E-state index in [1.165, 1.54) is 9.21 Å². The maximum atomic E-state index is 13.3. The van der Waals surface area contributed by atoms with Gasteiger partial charge in [-0.05, 0) is 31.2 Å². The van der Waals surface area contributed by atoms with Gasteiger partial charge in [0.05, 0.1) is 37.8 Å². The molecule has 196 valence electrons. The normalized spacial score (nSPS) is 13.7. The molecule has 0 bridgehead atoms. The molecule has 3 rings (SSSR count). The number of nitrogens with zero attached hydrogens (tertiary/aromatic N) is 4. The lowest BCUT2D eigenvalue weighted by molar-refractivity contribution is -0.159. The van der Waals surface area contributed by atoms with Crippen molar-refractivity contribution in [2.45, 2.75) is 13.5 Å². The summed E-state index contributed by atoms with van der Waals surface area (Å²) in [6.07, 6.45) is 3.19. The standard InChI is InChI=1S/C20H26N4O5S.C2H2O4/c1-2-29-19-18(7-5-9-22-19)20(25)23(16-17-6-3-4-8-21-17)12-15-30(26,27)24-10-13-28-14-11-24;3-1(4)2(5)6/h3-9H,2,10-16H2,1H3;(H,3,4)(H,5,6). The summed E-state index contributed by atoms with van der Waals surface area (Å²) in [7, 11) is -3.51. The Morgan fingerprint density at radius 1 is 1.06 bits per heavy atom.